The van der Waals surface area contributed by atoms with E-state index in [-0.39, 0.29) is 11.7 Å². The van der Waals surface area contributed by atoms with Crippen LogP contribution in [0.2, 0.25) is 0 Å². The summed E-state index contributed by atoms with van der Waals surface area (Å²) in [7, 11) is 0. The Balaban J connectivity index is 2.01. The Bertz CT molecular complexity index is 711. The summed E-state index contributed by atoms with van der Waals surface area (Å²) < 4.78 is 5.91. The molecule has 2 aromatic rings. The van der Waals surface area contributed by atoms with Crippen molar-refractivity contribution in [3.63, 3.8) is 0 Å². The zero-order chi connectivity index (χ0) is 16.3. The first kappa shape index (κ1) is 15.7. The number of para-hydroxylation sites is 1. The molecule has 3 N–H and O–H groups in total. The molecule has 122 valence electrons. The molecule has 2 heterocycles. The van der Waals surface area contributed by atoms with E-state index in [0.29, 0.717) is 25.3 Å². The molecule has 0 aliphatic carbocycles. The van der Waals surface area contributed by atoms with Gasteiger partial charge in [0.2, 0.25) is 5.95 Å². The van der Waals surface area contributed by atoms with E-state index in [1.165, 1.54) is 0 Å². The number of ketones is 1. The van der Waals surface area contributed by atoms with Gasteiger partial charge in [0.15, 0.2) is 11.5 Å². The Hall–Kier alpha value is -2.21. The number of nitrogens with one attached hydrogen (secondary N) is 1. The van der Waals surface area contributed by atoms with Gasteiger partial charge < -0.3 is 15.8 Å². The standard InChI is InChI=1S/C17H22N4O2/c1-2-7-14(22)17(10-5-6-11-23-17)21-15-12-8-3-4-9-13(12)19-16(18)20-15/h3-4,8-9H,2,5-7,10-11H2,1H3,(H3,18,19,20,21). The van der Waals surface area contributed by atoms with E-state index in [4.69, 9.17) is 10.5 Å². The van der Waals surface area contributed by atoms with Gasteiger partial charge in [-0.15, -0.1) is 0 Å². The lowest BCUT2D eigenvalue weighted by Crippen LogP contribution is -2.51. The number of rotatable bonds is 5. The van der Waals surface area contributed by atoms with Crippen molar-refractivity contribution in [1.82, 2.24) is 9.97 Å². The summed E-state index contributed by atoms with van der Waals surface area (Å²) in [5, 5.41) is 4.09. The highest BCUT2D eigenvalue weighted by molar-refractivity contribution is 5.95. The average Bonchev–Trinajstić information content (AvgIpc) is 2.56. The van der Waals surface area contributed by atoms with Crippen molar-refractivity contribution in [1.29, 1.82) is 0 Å². The number of nitrogens with zero attached hydrogens (tertiary/aromatic N) is 2. The minimum absolute atomic E-state index is 0.0703. The van der Waals surface area contributed by atoms with Crippen LogP contribution in [0.5, 0.6) is 0 Å². The fraction of sp³-hybridized carbons (Fsp3) is 0.471. The van der Waals surface area contributed by atoms with Crippen molar-refractivity contribution in [2.24, 2.45) is 0 Å². The lowest BCUT2D eigenvalue weighted by molar-refractivity contribution is -0.146. The van der Waals surface area contributed by atoms with E-state index >= 15 is 0 Å². The summed E-state index contributed by atoms with van der Waals surface area (Å²) in [6.07, 6.45) is 3.82. The van der Waals surface area contributed by atoms with Crippen LogP contribution in [0.3, 0.4) is 0 Å². The van der Waals surface area contributed by atoms with Gasteiger partial charge in [-0.05, 0) is 31.4 Å². The smallest absolute Gasteiger partial charge is 0.222 e. The monoisotopic (exact) mass is 314 g/mol. The number of nitrogens with two attached hydrogens (primary N) is 1. The summed E-state index contributed by atoms with van der Waals surface area (Å²) in [5.41, 5.74) is 5.56. The minimum atomic E-state index is -1.00. The van der Waals surface area contributed by atoms with Crippen LogP contribution in [0.25, 0.3) is 10.9 Å². The lowest BCUT2D eigenvalue weighted by atomic mass is 9.95. The molecule has 1 aromatic heterocycles. The number of carbonyl (C=O) groups is 1. The van der Waals surface area contributed by atoms with Crippen molar-refractivity contribution >= 4 is 28.5 Å². The van der Waals surface area contributed by atoms with Crippen molar-refractivity contribution in [2.75, 3.05) is 17.7 Å². The molecule has 0 bridgehead atoms. The van der Waals surface area contributed by atoms with Gasteiger partial charge in [0.25, 0.3) is 0 Å². The first-order chi connectivity index (χ1) is 11.1. The van der Waals surface area contributed by atoms with Crippen molar-refractivity contribution < 1.29 is 9.53 Å². The number of hydrogen-bond donors (Lipinski definition) is 2. The van der Waals surface area contributed by atoms with Crippen LogP contribution in [-0.2, 0) is 9.53 Å². The Morgan fingerprint density at radius 3 is 2.91 bits per heavy atom. The maximum Gasteiger partial charge on any atom is 0.222 e. The molecular formula is C17H22N4O2. The van der Waals surface area contributed by atoms with Gasteiger partial charge in [0.1, 0.15) is 5.82 Å². The van der Waals surface area contributed by atoms with Crippen LogP contribution in [0.15, 0.2) is 24.3 Å². The van der Waals surface area contributed by atoms with Crippen LogP contribution in [0.1, 0.15) is 39.0 Å². The zero-order valence-electron chi connectivity index (χ0n) is 13.3. The number of hydrogen-bond acceptors (Lipinski definition) is 6. The number of fused-ring (bicyclic) bond motifs is 1. The highest BCUT2D eigenvalue weighted by Gasteiger charge is 2.40. The zero-order valence-corrected chi connectivity index (χ0v) is 13.3. The largest absolute Gasteiger partial charge is 0.368 e. The van der Waals surface area contributed by atoms with Gasteiger partial charge in [-0.25, -0.2) is 4.98 Å². The van der Waals surface area contributed by atoms with Crippen LogP contribution in [0.4, 0.5) is 11.8 Å². The summed E-state index contributed by atoms with van der Waals surface area (Å²) in [5.74, 6) is 0.806. The molecule has 1 aliphatic heterocycles. The van der Waals surface area contributed by atoms with Crippen molar-refractivity contribution in [2.45, 2.75) is 44.8 Å². The van der Waals surface area contributed by atoms with Gasteiger partial charge in [-0.3, -0.25) is 4.79 Å². The highest BCUT2D eigenvalue weighted by atomic mass is 16.5. The molecule has 6 nitrogen and oxygen atoms in total. The van der Waals surface area contributed by atoms with E-state index in [0.717, 1.165) is 30.2 Å². The lowest BCUT2D eigenvalue weighted by Gasteiger charge is -2.37. The van der Waals surface area contributed by atoms with Gasteiger partial charge in [0, 0.05) is 24.8 Å². The van der Waals surface area contributed by atoms with E-state index in [1.54, 1.807) is 0 Å². The normalized spacial score (nSPS) is 21.3. The number of carbonyl (C=O) groups excluding carboxylic acids is 1. The average molecular weight is 314 g/mol. The minimum Gasteiger partial charge on any atom is -0.368 e. The molecular weight excluding hydrogens is 292 g/mol. The molecule has 0 radical (unpaired) electrons. The molecule has 6 heteroatoms. The molecule has 0 amide bonds. The Morgan fingerprint density at radius 1 is 1.35 bits per heavy atom. The summed E-state index contributed by atoms with van der Waals surface area (Å²) in [6, 6.07) is 7.60. The second-order valence-corrected chi connectivity index (χ2v) is 5.88. The summed E-state index contributed by atoms with van der Waals surface area (Å²) in [4.78, 5) is 21.2. The van der Waals surface area contributed by atoms with E-state index < -0.39 is 5.72 Å². The topological polar surface area (TPSA) is 90.1 Å². The highest BCUT2D eigenvalue weighted by Crippen LogP contribution is 2.31. The Kier molecular flexibility index (Phi) is 4.43. The Morgan fingerprint density at radius 2 is 2.17 bits per heavy atom. The van der Waals surface area contributed by atoms with Crippen molar-refractivity contribution in [3.05, 3.63) is 24.3 Å². The van der Waals surface area contributed by atoms with Crippen LogP contribution in [0, 0.1) is 0 Å². The number of ether oxygens (including phenoxy) is 1. The molecule has 1 aliphatic rings. The molecule has 1 atom stereocenters. The number of benzene rings is 1. The van der Waals surface area contributed by atoms with E-state index in [1.807, 2.05) is 31.2 Å². The molecule has 0 spiro atoms. The fourth-order valence-electron chi connectivity index (χ4n) is 2.99. The van der Waals surface area contributed by atoms with Gasteiger partial charge in [-0.2, -0.15) is 4.98 Å². The number of Topliss-reactive ketones (excluding diaryl/α,β-unsaturated/α-hetero) is 1. The molecule has 0 saturated carbocycles. The maximum absolute atomic E-state index is 12.7. The second kappa shape index (κ2) is 6.50. The molecule has 1 aromatic carbocycles. The first-order valence-corrected chi connectivity index (χ1v) is 8.12. The molecule has 1 unspecified atom stereocenters. The third-order valence-corrected chi connectivity index (χ3v) is 4.14. The van der Waals surface area contributed by atoms with Crippen molar-refractivity contribution in [3.8, 4) is 0 Å². The summed E-state index contributed by atoms with van der Waals surface area (Å²) >= 11 is 0. The predicted molar refractivity (Wildman–Crippen MR) is 90.0 cm³/mol. The number of nitrogen functional groups attached to an aromatic ring is 1. The Labute approximate surface area is 135 Å². The van der Waals surface area contributed by atoms with Crippen LogP contribution < -0.4 is 11.1 Å². The molecule has 1 saturated heterocycles. The van der Waals surface area contributed by atoms with Gasteiger partial charge in [-0.1, -0.05) is 19.1 Å². The number of aromatic nitrogens is 2. The van der Waals surface area contributed by atoms with E-state index in [2.05, 4.69) is 15.3 Å². The fourth-order valence-corrected chi connectivity index (χ4v) is 2.99. The SMILES string of the molecule is CCCC(=O)C1(Nc2nc(N)nc3ccccc23)CCCCO1. The van der Waals surface area contributed by atoms with E-state index in [9.17, 15) is 4.79 Å². The van der Waals surface area contributed by atoms with Crippen LogP contribution >= 0.6 is 0 Å². The van der Waals surface area contributed by atoms with Gasteiger partial charge >= 0.3 is 0 Å². The second-order valence-electron chi connectivity index (χ2n) is 5.88. The summed E-state index contributed by atoms with van der Waals surface area (Å²) in [6.45, 7) is 2.56. The third kappa shape index (κ3) is 3.12. The van der Waals surface area contributed by atoms with Gasteiger partial charge in [0.05, 0.1) is 5.52 Å². The molecule has 1 fully saturated rings. The van der Waals surface area contributed by atoms with Crippen LogP contribution in [-0.4, -0.2) is 28.1 Å². The predicted octanol–water partition coefficient (Wildman–Crippen LogP) is 2.89. The number of anilines is 2. The third-order valence-electron chi connectivity index (χ3n) is 4.14. The maximum atomic E-state index is 12.7. The first-order valence-electron chi connectivity index (χ1n) is 8.12. The molecule has 3 rings (SSSR count). The molecule has 23 heavy (non-hydrogen) atoms. The quantitative estimate of drug-likeness (QED) is 0.882.